The normalized spacial score (nSPS) is 15.4. The smallest absolute Gasteiger partial charge is 0.0699 e. The minimum absolute atomic E-state index is 0.407. The average molecular weight is 201 g/mol. The summed E-state index contributed by atoms with van der Waals surface area (Å²) in [5.74, 6) is 0.705. The molecule has 0 fully saturated rings. The van der Waals surface area contributed by atoms with Crippen molar-refractivity contribution in [2.24, 2.45) is 5.92 Å². The van der Waals surface area contributed by atoms with Gasteiger partial charge in [0.15, 0.2) is 0 Å². The maximum atomic E-state index is 5.87. The number of likely N-dealkylation sites (N-methyl/N-ethyl adjacent to an activating group) is 1. The van der Waals surface area contributed by atoms with E-state index in [1.807, 2.05) is 7.05 Å². The van der Waals surface area contributed by atoms with E-state index in [1.54, 1.807) is 0 Å². The van der Waals surface area contributed by atoms with E-state index >= 15 is 0 Å². The van der Waals surface area contributed by atoms with Gasteiger partial charge in [-0.05, 0) is 25.8 Å². The fourth-order valence-electron chi connectivity index (χ4n) is 1.67. The molecule has 0 aliphatic heterocycles. The molecule has 0 rings (SSSR count). The summed E-state index contributed by atoms with van der Waals surface area (Å²) in [6.07, 6.45) is 5.31. The SMILES string of the molecule is CCCC(C)COC(CCC)CNC. The average Bonchev–Trinajstić information content (AvgIpc) is 2.15. The predicted molar refractivity (Wildman–Crippen MR) is 62.6 cm³/mol. The van der Waals surface area contributed by atoms with Crippen LogP contribution in [0.2, 0.25) is 0 Å². The van der Waals surface area contributed by atoms with Gasteiger partial charge in [-0.3, -0.25) is 0 Å². The van der Waals surface area contributed by atoms with Gasteiger partial charge in [0.2, 0.25) is 0 Å². The lowest BCUT2D eigenvalue weighted by Gasteiger charge is -2.19. The first-order chi connectivity index (χ1) is 6.74. The van der Waals surface area contributed by atoms with E-state index in [4.69, 9.17) is 4.74 Å². The molecule has 0 heterocycles. The van der Waals surface area contributed by atoms with E-state index in [9.17, 15) is 0 Å². The highest BCUT2D eigenvalue weighted by Gasteiger charge is 2.08. The molecule has 0 aromatic carbocycles. The van der Waals surface area contributed by atoms with Crippen molar-refractivity contribution in [1.29, 1.82) is 0 Å². The van der Waals surface area contributed by atoms with Crippen LogP contribution in [0.5, 0.6) is 0 Å². The van der Waals surface area contributed by atoms with Crippen LogP contribution in [0.3, 0.4) is 0 Å². The van der Waals surface area contributed by atoms with Gasteiger partial charge in [0, 0.05) is 13.2 Å². The standard InChI is InChI=1S/C12H27NO/c1-5-7-11(3)10-14-12(8-6-2)9-13-4/h11-13H,5-10H2,1-4H3. The molecule has 0 aliphatic rings. The van der Waals surface area contributed by atoms with Gasteiger partial charge in [0.05, 0.1) is 6.10 Å². The molecule has 0 aliphatic carbocycles. The number of nitrogens with one attached hydrogen (secondary N) is 1. The third-order valence-corrected chi connectivity index (χ3v) is 2.44. The first kappa shape index (κ1) is 13.9. The van der Waals surface area contributed by atoms with Gasteiger partial charge in [-0.2, -0.15) is 0 Å². The van der Waals surface area contributed by atoms with Crippen LogP contribution in [0, 0.1) is 5.92 Å². The van der Waals surface area contributed by atoms with Gasteiger partial charge in [-0.15, -0.1) is 0 Å². The number of hydrogen-bond donors (Lipinski definition) is 1. The fraction of sp³-hybridized carbons (Fsp3) is 1.00. The zero-order chi connectivity index (χ0) is 10.8. The van der Waals surface area contributed by atoms with Crippen LogP contribution < -0.4 is 5.32 Å². The molecule has 0 aromatic rings. The van der Waals surface area contributed by atoms with Gasteiger partial charge in [-0.25, -0.2) is 0 Å². The van der Waals surface area contributed by atoms with Crippen LogP contribution in [0.1, 0.15) is 46.5 Å². The molecule has 2 atom stereocenters. The first-order valence-corrected chi connectivity index (χ1v) is 6.00. The molecule has 86 valence electrons. The summed E-state index contributed by atoms with van der Waals surface area (Å²) in [5, 5.41) is 3.18. The highest BCUT2D eigenvalue weighted by atomic mass is 16.5. The van der Waals surface area contributed by atoms with Crippen LogP contribution in [-0.4, -0.2) is 26.3 Å². The molecule has 14 heavy (non-hydrogen) atoms. The zero-order valence-corrected chi connectivity index (χ0v) is 10.3. The second-order valence-electron chi connectivity index (χ2n) is 4.20. The van der Waals surface area contributed by atoms with E-state index < -0.39 is 0 Å². The third kappa shape index (κ3) is 7.34. The van der Waals surface area contributed by atoms with Crippen molar-refractivity contribution in [1.82, 2.24) is 5.32 Å². The van der Waals surface area contributed by atoms with E-state index in [0.29, 0.717) is 12.0 Å². The molecule has 0 aromatic heterocycles. The van der Waals surface area contributed by atoms with E-state index in [2.05, 4.69) is 26.1 Å². The molecule has 1 N–H and O–H groups in total. The van der Waals surface area contributed by atoms with Crippen LogP contribution >= 0.6 is 0 Å². The van der Waals surface area contributed by atoms with Gasteiger partial charge in [0.25, 0.3) is 0 Å². The van der Waals surface area contributed by atoms with Crippen molar-refractivity contribution >= 4 is 0 Å². The molecule has 0 spiro atoms. The van der Waals surface area contributed by atoms with E-state index in [-0.39, 0.29) is 0 Å². The first-order valence-electron chi connectivity index (χ1n) is 6.00. The lowest BCUT2D eigenvalue weighted by atomic mass is 10.1. The second kappa shape index (κ2) is 9.47. The Balaban J connectivity index is 3.57. The van der Waals surface area contributed by atoms with Crippen molar-refractivity contribution in [2.75, 3.05) is 20.2 Å². The summed E-state index contributed by atoms with van der Waals surface area (Å²) >= 11 is 0. The molecular formula is C12H27NO. The Hall–Kier alpha value is -0.0800. The summed E-state index contributed by atoms with van der Waals surface area (Å²) < 4.78 is 5.87. The Bertz CT molecular complexity index is 111. The van der Waals surface area contributed by atoms with Crippen molar-refractivity contribution in [2.45, 2.75) is 52.6 Å². The topological polar surface area (TPSA) is 21.3 Å². The molecular weight excluding hydrogens is 174 g/mol. The van der Waals surface area contributed by atoms with Crippen LogP contribution in [0.25, 0.3) is 0 Å². The molecule has 2 heteroatoms. The summed E-state index contributed by atoms with van der Waals surface area (Å²) in [4.78, 5) is 0. The molecule has 0 bridgehead atoms. The summed E-state index contributed by atoms with van der Waals surface area (Å²) in [7, 11) is 1.99. The minimum Gasteiger partial charge on any atom is -0.377 e. The Morgan fingerprint density at radius 2 is 1.79 bits per heavy atom. The number of ether oxygens (including phenoxy) is 1. The van der Waals surface area contributed by atoms with E-state index in [1.165, 1.54) is 25.7 Å². The van der Waals surface area contributed by atoms with Crippen molar-refractivity contribution < 1.29 is 4.74 Å². The van der Waals surface area contributed by atoms with Crippen LogP contribution in [0.15, 0.2) is 0 Å². The van der Waals surface area contributed by atoms with Gasteiger partial charge in [-0.1, -0.05) is 33.6 Å². The molecule has 0 saturated carbocycles. The highest BCUT2D eigenvalue weighted by Crippen LogP contribution is 2.09. The van der Waals surface area contributed by atoms with Gasteiger partial charge < -0.3 is 10.1 Å². The Labute approximate surface area is 89.4 Å². The van der Waals surface area contributed by atoms with E-state index in [0.717, 1.165) is 13.2 Å². The fourth-order valence-corrected chi connectivity index (χ4v) is 1.67. The Kier molecular flexibility index (Phi) is 9.42. The zero-order valence-electron chi connectivity index (χ0n) is 10.3. The summed E-state index contributed by atoms with van der Waals surface area (Å²) in [6.45, 7) is 8.61. The Morgan fingerprint density at radius 3 is 2.29 bits per heavy atom. The minimum atomic E-state index is 0.407. The lowest BCUT2D eigenvalue weighted by molar-refractivity contribution is 0.0268. The molecule has 0 amide bonds. The van der Waals surface area contributed by atoms with Gasteiger partial charge >= 0.3 is 0 Å². The quantitative estimate of drug-likeness (QED) is 0.619. The maximum Gasteiger partial charge on any atom is 0.0699 e. The summed E-state index contributed by atoms with van der Waals surface area (Å²) in [6, 6.07) is 0. The Morgan fingerprint density at radius 1 is 1.14 bits per heavy atom. The predicted octanol–water partition coefficient (Wildman–Crippen LogP) is 2.83. The number of hydrogen-bond acceptors (Lipinski definition) is 2. The monoisotopic (exact) mass is 201 g/mol. The van der Waals surface area contributed by atoms with Gasteiger partial charge in [0.1, 0.15) is 0 Å². The third-order valence-electron chi connectivity index (χ3n) is 2.44. The number of rotatable bonds is 9. The van der Waals surface area contributed by atoms with Crippen molar-refractivity contribution in [3.63, 3.8) is 0 Å². The van der Waals surface area contributed by atoms with Crippen LogP contribution in [0.4, 0.5) is 0 Å². The van der Waals surface area contributed by atoms with Crippen molar-refractivity contribution in [3.05, 3.63) is 0 Å². The van der Waals surface area contributed by atoms with Crippen LogP contribution in [-0.2, 0) is 4.74 Å². The summed E-state index contributed by atoms with van der Waals surface area (Å²) in [5.41, 5.74) is 0. The molecule has 0 saturated heterocycles. The highest BCUT2D eigenvalue weighted by molar-refractivity contribution is 4.60. The molecule has 0 radical (unpaired) electrons. The second-order valence-corrected chi connectivity index (χ2v) is 4.20. The lowest BCUT2D eigenvalue weighted by Crippen LogP contribution is -2.28. The molecule has 2 nitrogen and oxygen atoms in total. The van der Waals surface area contributed by atoms with Crippen molar-refractivity contribution in [3.8, 4) is 0 Å². The maximum absolute atomic E-state index is 5.87. The largest absolute Gasteiger partial charge is 0.377 e. The molecule has 2 unspecified atom stereocenters.